The Bertz CT molecular complexity index is 1030. The highest BCUT2D eigenvalue weighted by Crippen LogP contribution is 2.30. The number of hydrogen-bond acceptors (Lipinski definition) is 4. The molecular formula is C17H14ClN3O2S2. The van der Waals surface area contributed by atoms with Crippen LogP contribution in [0.2, 0.25) is 5.02 Å². The van der Waals surface area contributed by atoms with E-state index in [4.69, 9.17) is 11.6 Å². The number of thioether (sulfide) groups is 1. The van der Waals surface area contributed by atoms with Gasteiger partial charge in [-0.05, 0) is 30.3 Å². The van der Waals surface area contributed by atoms with Crippen molar-refractivity contribution in [2.45, 2.75) is 16.6 Å². The van der Waals surface area contributed by atoms with Gasteiger partial charge in [0.15, 0.2) is 5.16 Å². The van der Waals surface area contributed by atoms with Gasteiger partial charge in [-0.2, -0.15) is 0 Å². The van der Waals surface area contributed by atoms with Crippen molar-refractivity contribution in [3.8, 4) is 11.3 Å². The van der Waals surface area contributed by atoms with E-state index in [0.29, 0.717) is 10.7 Å². The Labute approximate surface area is 155 Å². The summed E-state index contributed by atoms with van der Waals surface area (Å²) in [6.07, 6.45) is 2.00. The van der Waals surface area contributed by atoms with Crippen molar-refractivity contribution in [2.24, 2.45) is 0 Å². The maximum atomic E-state index is 12.5. The molecule has 1 aliphatic heterocycles. The van der Waals surface area contributed by atoms with E-state index in [0.717, 1.165) is 28.7 Å². The van der Waals surface area contributed by atoms with Crippen LogP contribution >= 0.6 is 23.4 Å². The summed E-state index contributed by atoms with van der Waals surface area (Å²) >= 11 is 7.61. The fourth-order valence-corrected chi connectivity index (χ4v) is 4.93. The highest BCUT2D eigenvalue weighted by molar-refractivity contribution is 7.99. The van der Waals surface area contributed by atoms with E-state index in [1.54, 1.807) is 36.0 Å². The van der Waals surface area contributed by atoms with Gasteiger partial charge in [0.2, 0.25) is 0 Å². The fraction of sp³-hybridized carbons (Fsp3) is 0.118. The molecule has 0 aliphatic carbocycles. The second kappa shape index (κ2) is 6.40. The lowest BCUT2D eigenvalue weighted by molar-refractivity contribution is 0.601. The second-order valence-electron chi connectivity index (χ2n) is 5.59. The van der Waals surface area contributed by atoms with Gasteiger partial charge in [0.25, 0.3) is 10.0 Å². The molecule has 0 unspecified atom stereocenters. The summed E-state index contributed by atoms with van der Waals surface area (Å²) < 4.78 is 29.8. The summed E-state index contributed by atoms with van der Waals surface area (Å²) in [5.41, 5.74) is 2.19. The smallest absolute Gasteiger partial charge is 0.261 e. The average molecular weight is 392 g/mol. The number of nitrogens with one attached hydrogen (secondary N) is 1. The number of hydrogen-bond donors (Lipinski definition) is 1. The van der Waals surface area contributed by atoms with Gasteiger partial charge in [-0.3, -0.25) is 4.72 Å². The topological polar surface area (TPSA) is 64.0 Å². The first-order chi connectivity index (χ1) is 12.0. The molecule has 0 amide bonds. The molecule has 0 fully saturated rings. The molecule has 0 saturated heterocycles. The summed E-state index contributed by atoms with van der Waals surface area (Å²) in [7, 11) is -3.70. The van der Waals surface area contributed by atoms with E-state index < -0.39 is 10.0 Å². The highest BCUT2D eigenvalue weighted by atomic mass is 35.5. The van der Waals surface area contributed by atoms with Crippen LogP contribution in [0.1, 0.15) is 0 Å². The number of imidazole rings is 1. The summed E-state index contributed by atoms with van der Waals surface area (Å²) in [6, 6.07) is 13.4. The van der Waals surface area contributed by atoms with Crippen LogP contribution in [0.15, 0.2) is 64.8 Å². The van der Waals surface area contributed by atoms with Crippen LogP contribution in [0.4, 0.5) is 5.69 Å². The number of rotatable bonds is 4. The Morgan fingerprint density at radius 1 is 1.16 bits per heavy atom. The lowest BCUT2D eigenvalue weighted by Gasteiger charge is -2.09. The van der Waals surface area contributed by atoms with Crippen molar-refractivity contribution in [2.75, 3.05) is 10.5 Å². The molecular weight excluding hydrogens is 378 g/mol. The molecule has 1 aliphatic rings. The lowest BCUT2D eigenvalue weighted by Crippen LogP contribution is -2.12. The molecule has 0 radical (unpaired) electrons. The van der Waals surface area contributed by atoms with Gasteiger partial charge in [0.1, 0.15) is 0 Å². The molecule has 0 saturated carbocycles. The van der Waals surface area contributed by atoms with Crippen molar-refractivity contribution in [1.82, 2.24) is 9.55 Å². The molecule has 0 spiro atoms. The Hall–Kier alpha value is -1.96. The number of aryl methyl sites for hydroxylation is 1. The Morgan fingerprint density at radius 2 is 2.00 bits per heavy atom. The van der Waals surface area contributed by atoms with Gasteiger partial charge in [0.05, 0.1) is 10.6 Å². The molecule has 3 aromatic rings. The van der Waals surface area contributed by atoms with E-state index >= 15 is 0 Å². The first kappa shape index (κ1) is 16.5. The quantitative estimate of drug-likeness (QED) is 0.726. The van der Waals surface area contributed by atoms with Crippen molar-refractivity contribution in [1.29, 1.82) is 0 Å². The third kappa shape index (κ3) is 3.40. The minimum absolute atomic E-state index is 0.128. The molecule has 5 nitrogen and oxygen atoms in total. The van der Waals surface area contributed by atoms with Crippen molar-refractivity contribution >= 4 is 39.1 Å². The Kier molecular flexibility index (Phi) is 4.23. The fourth-order valence-electron chi connectivity index (χ4n) is 2.64. The maximum absolute atomic E-state index is 12.5. The predicted molar refractivity (Wildman–Crippen MR) is 101 cm³/mol. The van der Waals surface area contributed by atoms with Crippen molar-refractivity contribution in [3.63, 3.8) is 0 Å². The minimum atomic E-state index is -3.70. The first-order valence-corrected chi connectivity index (χ1v) is 10.4. The van der Waals surface area contributed by atoms with Gasteiger partial charge in [-0.1, -0.05) is 41.6 Å². The number of benzene rings is 2. The number of nitrogens with zero attached hydrogens (tertiary/aromatic N) is 2. The second-order valence-corrected chi connectivity index (χ2v) is 8.78. The largest absolute Gasteiger partial charge is 0.325 e. The number of sulfonamides is 1. The molecule has 2 aromatic carbocycles. The van der Waals surface area contributed by atoms with E-state index in [9.17, 15) is 8.42 Å². The average Bonchev–Trinajstić information content (AvgIpc) is 3.16. The SMILES string of the molecule is O=S(=O)(Nc1cccc(-c2cn3c(n2)SCC3)c1)c1cccc(Cl)c1. The normalized spacial score (nSPS) is 13.6. The summed E-state index contributed by atoms with van der Waals surface area (Å²) in [5, 5.41) is 1.38. The van der Waals surface area contributed by atoms with Crippen molar-refractivity contribution < 1.29 is 8.42 Å². The first-order valence-electron chi connectivity index (χ1n) is 7.60. The summed E-state index contributed by atoms with van der Waals surface area (Å²) in [4.78, 5) is 4.73. The van der Waals surface area contributed by atoms with Gasteiger partial charge in [-0.25, -0.2) is 13.4 Å². The van der Waals surface area contributed by atoms with E-state index in [2.05, 4.69) is 14.3 Å². The number of anilines is 1. The molecule has 4 rings (SSSR count). The molecule has 2 heterocycles. The molecule has 8 heteroatoms. The van der Waals surface area contributed by atoms with Crippen molar-refractivity contribution in [3.05, 3.63) is 59.8 Å². The zero-order valence-electron chi connectivity index (χ0n) is 13.0. The molecule has 1 N–H and O–H groups in total. The summed E-state index contributed by atoms with van der Waals surface area (Å²) in [6.45, 7) is 0.952. The lowest BCUT2D eigenvalue weighted by atomic mass is 10.1. The van der Waals surface area contributed by atoms with Gasteiger partial charge < -0.3 is 4.57 Å². The van der Waals surface area contributed by atoms with Gasteiger partial charge in [-0.15, -0.1) is 0 Å². The van der Waals surface area contributed by atoms with Crippen LogP contribution in [-0.2, 0) is 16.6 Å². The number of aromatic nitrogens is 2. The van der Waals surface area contributed by atoms with E-state index in [1.165, 1.54) is 12.1 Å². The Balaban J connectivity index is 1.63. The summed E-state index contributed by atoms with van der Waals surface area (Å²) in [5.74, 6) is 1.04. The zero-order chi connectivity index (χ0) is 17.4. The Morgan fingerprint density at radius 3 is 2.80 bits per heavy atom. The van der Waals surface area contributed by atoms with Crippen LogP contribution in [0, 0.1) is 0 Å². The molecule has 25 heavy (non-hydrogen) atoms. The van der Waals surface area contributed by atoms with Crippen LogP contribution in [0.5, 0.6) is 0 Å². The van der Waals surface area contributed by atoms with E-state index in [1.807, 2.05) is 18.3 Å². The van der Waals surface area contributed by atoms with Gasteiger partial charge >= 0.3 is 0 Å². The third-order valence-electron chi connectivity index (χ3n) is 3.82. The number of halogens is 1. The van der Waals surface area contributed by atoms with Crippen LogP contribution in [-0.4, -0.2) is 23.7 Å². The highest BCUT2D eigenvalue weighted by Gasteiger charge is 2.17. The van der Waals surface area contributed by atoms with Crippen LogP contribution in [0.3, 0.4) is 0 Å². The van der Waals surface area contributed by atoms with Crippen LogP contribution in [0.25, 0.3) is 11.3 Å². The third-order valence-corrected chi connectivity index (χ3v) is 6.40. The molecule has 1 aromatic heterocycles. The van der Waals surface area contributed by atoms with E-state index in [-0.39, 0.29) is 4.90 Å². The molecule has 128 valence electrons. The predicted octanol–water partition coefficient (Wildman–Crippen LogP) is 4.11. The maximum Gasteiger partial charge on any atom is 0.261 e. The number of fused-ring (bicyclic) bond motifs is 1. The molecule has 0 atom stereocenters. The van der Waals surface area contributed by atoms with Gasteiger partial charge in [0, 0.05) is 34.8 Å². The molecule has 0 bridgehead atoms. The zero-order valence-corrected chi connectivity index (χ0v) is 15.4. The van der Waals surface area contributed by atoms with Crippen LogP contribution < -0.4 is 4.72 Å². The standard InChI is InChI=1S/C17H14ClN3O2S2/c18-13-4-2-6-15(10-13)25(22,23)20-14-5-1-3-12(9-14)16-11-21-7-8-24-17(21)19-16/h1-6,9-11,20H,7-8H2. The monoisotopic (exact) mass is 391 g/mol. The minimum Gasteiger partial charge on any atom is -0.325 e.